The zero-order valence-corrected chi connectivity index (χ0v) is 14.1. The quantitative estimate of drug-likeness (QED) is 0.890. The molecule has 0 spiro atoms. The van der Waals surface area contributed by atoms with Crippen LogP contribution in [0.15, 0.2) is 36.4 Å². The third kappa shape index (κ3) is 4.74. The highest BCUT2D eigenvalue weighted by Crippen LogP contribution is 2.24. The molecule has 0 aromatic heterocycles. The van der Waals surface area contributed by atoms with Crippen LogP contribution in [0.2, 0.25) is 0 Å². The minimum Gasteiger partial charge on any atom is -0.497 e. The van der Waals surface area contributed by atoms with Crippen molar-refractivity contribution in [2.24, 2.45) is 0 Å². The van der Waals surface area contributed by atoms with Crippen molar-refractivity contribution in [1.29, 1.82) is 0 Å². The van der Waals surface area contributed by atoms with Gasteiger partial charge in [-0.2, -0.15) is 0 Å². The summed E-state index contributed by atoms with van der Waals surface area (Å²) in [5, 5.41) is 2.85. The lowest BCUT2D eigenvalue weighted by molar-refractivity contribution is -0.123. The van der Waals surface area contributed by atoms with Gasteiger partial charge < -0.3 is 14.8 Å². The van der Waals surface area contributed by atoms with E-state index in [0.29, 0.717) is 6.54 Å². The molecule has 122 valence electrons. The summed E-state index contributed by atoms with van der Waals surface area (Å²) in [5.74, 6) is 1.42. The van der Waals surface area contributed by atoms with Gasteiger partial charge in [-0.15, -0.1) is 0 Å². The van der Waals surface area contributed by atoms with Crippen LogP contribution in [0.1, 0.15) is 22.3 Å². The van der Waals surface area contributed by atoms with Gasteiger partial charge >= 0.3 is 0 Å². The molecule has 0 aliphatic heterocycles. The van der Waals surface area contributed by atoms with Crippen LogP contribution in [-0.2, 0) is 11.3 Å². The molecule has 0 bridgehead atoms. The number of aryl methyl sites for hydroxylation is 3. The smallest absolute Gasteiger partial charge is 0.258 e. The van der Waals surface area contributed by atoms with E-state index >= 15 is 0 Å². The summed E-state index contributed by atoms with van der Waals surface area (Å²) in [6.07, 6.45) is 0. The van der Waals surface area contributed by atoms with Gasteiger partial charge in [0.25, 0.3) is 5.91 Å². The van der Waals surface area contributed by atoms with Gasteiger partial charge in [-0.05, 0) is 49.6 Å². The Bertz CT molecular complexity index is 672. The van der Waals surface area contributed by atoms with Gasteiger partial charge in [0.1, 0.15) is 11.5 Å². The number of benzene rings is 2. The van der Waals surface area contributed by atoms with E-state index in [9.17, 15) is 4.79 Å². The third-order valence-corrected chi connectivity index (χ3v) is 3.58. The van der Waals surface area contributed by atoms with Crippen LogP contribution in [0.5, 0.6) is 11.5 Å². The Balaban J connectivity index is 1.88. The van der Waals surface area contributed by atoms with Crippen LogP contribution in [0.3, 0.4) is 0 Å². The first-order chi connectivity index (χ1) is 11.0. The van der Waals surface area contributed by atoms with E-state index in [1.54, 1.807) is 7.11 Å². The first kappa shape index (κ1) is 16.9. The second kappa shape index (κ2) is 7.68. The van der Waals surface area contributed by atoms with Crippen LogP contribution < -0.4 is 14.8 Å². The van der Waals surface area contributed by atoms with E-state index in [1.165, 1.54) is 5.56 Å². The molecule has 0 saturated heterocycles. The highest BCUT2D eigenvalue weighted by atomic mass is 16.5. The molecule has 0 saturated carbocycles. The zero-order valence-electron chi connectivity index (χ0n) is 14.1. The molecule has 1 amide bonds. The molecule has 2 rings (SSSR count). The van der Waals surface area contributed by atoms with E-state index in [1.807, 2.05) is 45.0 Å². The lowest BCUT2D eigenvalue weighted by Gasteiger charge is -2.13. The van der Waals surface area contributed by atoms with E-state index in [4.69, 9.17) is 9.47 Å². The maximum Gasteiger partial charge on any atom is 0.258 e. The van der Waals surface area contributed by atoms with E-state index in [0.717, 1.165) is 28.2 Å². The van der Waals surface area contributed by atoms with Crippen molar-refractivity contribution in [1.82, 2.24) is 5.32 Å². The molecule has 1 N–H and O–H groups in total. The lowest BCUT2D eigenvalue weighted by atomic mass is 10.1. The number of hydrogen-bond donors (Lipinski definition) is 1. The topological polar surface area (TPSA) is 47.6 Å². The maximum absolute atomic E-state index is 12.0. The standard InChI is InChI=1S/C19H23NO3/c1-13-8-14(2)19(15(3)9-13)23-12-18(21)20-11-16-6-5-7-17(10-16)22-4/h5-10H,11-12H2,1-4H3,(H,20,21). The van der Waals surface area contributed by atoms with Crippen LogP contribution in [0, 0.1) is 20.8 Å². The van der Waals surface area contributed by atoms with Crippen LogP contribution in [0.25, 0.3) is 0 Å². The highest BCUT2D eigenvalue weighted by Gasteiger charge is 2.08. The second-order valence-corrected chi connectivity index (χ2v) is 5.64. The van der Waals surface area contributed by atoms with Gasteiger partial charge in [-0.1, -0.05) is 29.8 Å². The van der Waals surface area contributed by atoms with Crippen LogP contribution in [0.4, 0.5) is 0 Å². The summed E-state index contributed by atoms with van der Waals surface area (Å²) >= 11 is 0. The van der Waals surface area contributed by atoms with E-state index in [-0.39, 0.29) is 12.5 Å². The lowest BCUT2D eigenvalue weighted by Crippen LogP contribution is -2.28. The normalized spacial score (nSPS) is 10.3. The Kier molecular flexibility index (Phi) is 5.63. The molecule has 0 atom stereocenters. The average molecular weight is 313 g/mol. The predicted molar refractivity (Wildman–Crippen MR) is 91.0 cm³/mol. The summed E-state index contributed by atoms with van der Waals surface area (Å²) in [4.78, 5) is 12.0. The Morgan fingerprint density at radius 3 is 2.43 bits per heavy atom. The van der Waals surface area contributed by atoms with Crippen molar-refractivity contribution < 1.29 is 14.3 Å². The molecule has 0 aliphatic rings. The Morgan fingerprint density at radius 2 is 1.78 bits per heavy atom. The van der Waals surface area contributed by atoms with Gasteiger partial charge in [0.2, 0.25) is 0 Å². The van der Waals surface area contributed by atoms with Crippen molar-refractivity contribution in [3.63, 3.8) is 0 Å². The molecular weight excluding hydrogens is 290 g/mol. The van der Waals surface area contributed by atoms with E-state index in [2.05, 4.69) is 17.4 Å². The van der Waals surface area contributed by atoms with Gasteiger partial charge in [0, 0.05) is 6.54 Å². The van der Waals surface area contributed by atoms with Crippen molar-refractivity contribution in [2.45, 2.75) is 27.3 Å². The second-order valence-electron chi connectivity index (χ2n) is 5.64. The molecular formula is C19H23NO3. The molecule has 0 aliphatic carbocycles. The maximum atomic E-state index is 12.0. The Hall–Kier alpha value is -2.49. The molecule has 4 nitrogen and oxygen atoms in total. The third-order valence-electron chi connectivity index (χ3n) is 3.58. The fraction of sp³-hybridized carbons (Fsp3) is 0.316. The van der Waals surface area contributed by atoms with Crippen molar-refractivity contribution in [3.8, 4) is 11.5 Å². The van der Waals surface area contributed by atoms with E-state index < -0.39 is 0 Å². The molecule has 23 heavy (non-hydrogen) atoms. The first-order valence-electron chi connectivity index (χ1n) is 7.60. The molecule has 4 heteroatoms. The first-order valence-corrected chi connectivity index (χ1v) is 7.60. The molecule has 2 aromatic carbocycles. The minimum absolute atomic E-state index is 0.00864. The number of ether oxygens (including phenoxy) is 2. The van der Waals surface area contributed by atoms with Gasteiger partial charge in [0.15, 0.2) is 6.61 Å². The number of amides is 1. The average Bonchev–Trinajstić information content (AvgIpc) is 2.52. The fourth-order valence-corrected chi connectivity index (χ4v) is 2.57. The van der Waals surface area contributed by atoms with Crippen LogP contribution >= 0.6 is 0 Å². The van der Waals surface area contributed by atoms with Gasteiger partial charge in [-0.3, -0.25) is 4.79 Å². The highest BCUT2D eigenvalue weighted by molar-refractivity contribution is 5.77. The van der Waals surface area contributed by atoms with Gasteiger partial charge in [-0.25, -0.2) is 0 Å². The summed E-state index contributed by atoms with van der Waals surface area (Å²) < 4.78 is 10.8. The molecule has 0 radical (unpaired) electrons. The van der Waals surface area contributed by atoms with Crippen LogP contribution in [-0.4, -0.2) is 19.6 Å². The summed E-state index contributed by atoms with van der Waals surface area (Å²) in [7, 11) is 1.62. The summed E-state index contributed by atoms with van der Waals surface area (Å²) in [6.45, 7) is 6.48. The number of carbonyl (C=O) groups is 1. The number of hydrogen-bond acceptors (Lipinski definition) is 3. The predicted octanol–water partition coefficient (Wildman–Crippen LogP) is 3.32. The van der Waals surface area contributed by atoms with Crippen molar-refractivity contribution >= 4 is 5.91 Å². The molecule has 2 aromatic rings. The largest absolute Gasteiger partial charge is 0.497 e. The number of nitrogens with one attached hydrogen (secondary N) is 1. The Morgan fingerprint density at radius 1 is 1.09 bits per heavy atom. The van der Waals surface area contributed by atoms with Crippen molar-refractivity contribution in [2.75, 3.05) is 13.7 Å². The molecule has 0 fully saturated rings. The summed E-state index contributed by atoms with van der Waals surface area (Å²) in [6, 6.07) is 11.7. The minimum atomic E-state index is -0.146. The monoisotopic (exact) mass is 313 g/mol. The fourth-order valence-electron chi connectivity index (χ4n) is 2.57. The van der Waals surface area contributed by atoms with Gasteiger partial charge in [0.05, 0.1) is 7.11 Å². The molecule has 0 unspecified atom stereocenters. The van der Waals surface area contributed by atoms with Crippen molar-refractivity contribution in [3.05, 3.63) is 58.7 Å². The zero-order chi connectivity index (χ0) is 16.8. The SMILES string of the molecule is COc1cccc(CNC(=O)COc2c(C)cc(C)cc2C)c1. The number of rotatable bonds is 6. The number of carbonyl (C=O) groups excluding carboxylic acids is 1. The number of methoxy groups -OCH3 is 1. The Labute approximate surface area is 137 Å². The summed E-state index contributed by atoms with van der Waals surface area (Å²) in [5.41, 5.74) is 4.27. The molecule has 0 heterocycles.